The maximum atomic E-state index is 13.0. The van der Waals surface area contributed by atoms with Gasteiger partial charge in [0.15, 0.2) is 5.78 Å². The summed E-state index contributed by atoms with van der Waals surface area (Å²) < 4.78 is 6.92. The predicted molar refractivity (Wildman–Crippen MR) is 110 cm³/mol. The lowest BCUT2D eigenvalue weighted by Gasteiger charge is -2.39. The van der Waals surface area contributed by atoms with Gasteiger partial charge in [-0.2, -0.15) is 5.10 Å². The van der Waals surface area contributed by atoms with E-state index in [2.05, 4.69) is 11.0 Å². The van der Waals surface area contributed by atoms with Gasteiger partial charge in [-0.05, 0) is 37.5 Å². The molecule has 0 N–H and O–H groups in total. The van der Waals surface area contributed by atoms with Crippen LogP contribution in [0.15, 0.2) is 41.7 Å². The number of halogens is 1. The number of hydrogen-bond donors (Lipinski definition) is 0. The van der Waals surface area contributed by atoms with E-state index in [0.717, 1.165) is 17.7 Å². The quantitative estimate of drug-likeness (QED) is 0.568. The molecule has 29 heavy (non-hydrogen) atoms. The van der Waals surface area contributed by atoms with Crippen molar-refractivity contribution in [2.75, 3.05) is 18.1 Å². The number of benzene rings is 1. The van der Waals surface area contributed by atoms with Crippen molar-refractivity contribution in [2.24, 2.45) is 0 Å². The zero-order valence-electron chi connectivity index (χ0n) is 16.0. The minimum absolute atomic E-state index is 0.0760. The van der Waals surface area contributed by atoms with Crippen LogP contribution in [0.3, 0.4) is 0 Å². The van der Waals surface area contributed by atoms with Crippen LogP contribution in [0.25, 0.3) is 0 Å². The molecule has 1 aliphatic heterocycles. The molecule has 1 aromatic carbocycles. The molecular weight excluding hydrogens is 390 g/mol. The molecule has 2 aliphatic rings. The Morgan fingerprint density at radius 2 is 2.10 bits per heavy atom. The maximum Gasteiger partial charge on any atom is 0.343 e. The van der Waals surface area contributed by atoms with Gasteiger partial charge in [0.1, 0.15) is 17.4 Å². The Bertz CT molecular complexity index is 1050. The van der Waals surface area contributed by atoms with Crippen LogP contribution in [-0.2, 0) is 9.53 Å². The van der Waals surface area contributed by atoms with Crippen LogP contribution in [0, 0.1) is 12.3 Å². The molecule has 2 aromatic rings. The van der Waals surface area contributed by atoms with Gasteiger partial charge in [-0.1, -0.05) is 29.7 Å². The van der Waals surface area contributed by atoms with Gasteiger partial charge in [-0.25, -0.2) is 9.48 Å². The third kappa shape index (κ3) is 3.22. The van der Waals surface area contributed by atoms with E-state index in [4.69, 9.17) is 22.8 Å². The summed E-state index contributed by atoms with van der Waals surface area (Å²) in [5.41, 5.74) is 2.75. The van der Waals surface area contributed by atoms with Crippen molar-refractivity contribution in [3.63, 3.8) is 0 Å². The molecule has 1 atom stereocenters. The van der Waals surface area contributed by atoms with Gasteiger partial charge >= 0.3 is 5.97 Å². The second-order valence-corrected chi connectivity index (χ2v) is 7.36. The first-order valence-corrected chi connectivity index (χ1v) is 9.92. The summed E-state index contributed by atoms with van der Waals surface area (Å²) in [7, 11) is 0. The van der Waals surface area contributed by atoms with Crippen molar-refractivity contribution >= 4 is 29.2 Å². The van der Waals surface area contributed by atoms with Crippen molar-refractivity contribution in [1.29, 1.82) is 0 Å². The van der Waals surface area contributed by atoms with Crippen LogP contribution in [0.4, 0.5) is 5.82 Å². The van der Waals surface area contributed by atoms with Crippen molar-refractivity contribution in [3.8, 4) is 12.3 Å². The van der Waals surface area contributed by atoms with E-state index < -0.39 is 12.0 Å². The number of rotatable bonds is 4. The van der Waals surface area contributed by atoms with E-state index in [1.54, 1.807) is 23.7 Å². The number of terminal acetylenes is 1. The Labute approximate surface area is 174 Å². The molecule has 4 rings (SSSR count). The molecule has 1 aromatic heterocycles. The Kier molecular flexibility index (Phi) is 5.16. The van der Waals surface area contributed by atoms with Crippen LogP contribution < -0.4 is 4.90 Å². The average molecular weight is 410 g/mol. The summed E-state index contributed by atoms with van der Waals surface area (Å²) in [4.78, 5) is 27.4. The highest BCUT2D eigenvalue weighted by atomic mass is 35.5. The molecule has 6 nitrogen and oxygen atoms in total. The summed E-state index contributed by atoms with van der Waals surface area (Å²) in [6.07, 6.45) is 9.05. The number of anilines is 1. The lowest BCUT2D eigenvalue weighted by Crippen LogP contribution is -2.39. The SMILES string of the molecule is C#CCN1C2=C(C(=O)CCC2)C(c2ccc(Cl)cc2)n2ncc(C(=O)OCC)c21. The second-order valence-electron chi connectivity index (χ2n) is 6.93. The van der Waals surface area contributed by atoms with Gasteiger partial charge in [0.05, 0.1) is 19.3 Å². The molecular formula is C22H20ClN3O3. The number of hydrogen-bond acceptors (Lipinski definition) is 5. The topological polar surface area (TPSA) is 64.4 Å². The zero-order valence-corrected chi connectivity index (χ0v) is 16.8. The van der Waals surface area contributed by atoms with Crippen LogP contribution in [-0.4, -0.2) is 34.7 Å². The molecule has 0 fully saturated rings. The van der Waals surface area contributed by atoms with E-state index in [1.165, 1.54) is 6.20 Å². The van der Waals surface area contributed by atoms with Gasteiger partial charge in [-0.15, -0.1) is 6.42 Å². The molecule has 0 radical (unpaired) electrons. The number of carbonyl (C=O) groups excluding carboxylic acids is 2. The van der Waals surface area contributed by atoms with Gasteiger partial charge in [0.2, 0.25) is 0 Å². The Balaban J connectivity index is 1.96. The summed E-state index contributed by atoms with van der Waals surface area (Å²) in [6, 6.07) is 6.89. The number of Topliss-reactive ketones (excluding diaryl/α,β-unsaturated/α-hetero) is 1. The molecule has 148 valence electrons. The highest BCUT2D eigenvalue weighted by molar-refractivity contribution is 6.30. The van der Waals surface area contributed by atoms with Gasteiger partial charge in [0.25, 0.3) is 0 Å². The largest absolute Gasteiger partial charge is 0.462 e. The Hall–Kier alpha value is -3.04. The van der Waals surface area contributed by atoms with Gasteiger partial charge in [-0.3, -0.25) is 4.79 Å². The number of ether oxygens (including phenoxy) is 1. The molecule has 0 bridgehead atoms. The fourth-order valence-electron chi connectivity index (χ4n) is 4.07. The van der Waals surface area contributed by atoms with Crippen LogP contribution in [0.5, 0.6) is 0 Å². The summed E-state index contributed by atoms with van der Waals surface area (Å²) in [5.74, 6) is 2.83. The molecule has 2 heterocycles. The van der Waals surface area contributed by atoms with Gasteiger partial charge in [0, 0.05) is 22.7 Å². The maximum absolute atomic E-state index is 13.0. The first kappa shape index (κ1) is 19.3. The van der Waals surface area contributed by atoms with E-state index in [9.17, 15) is 9.59 Å². The summed E-state index contributed by atoms with van der Waals surface area (Å²) in [5, 5.41) is 5.09. The van der Waals surface area contributed by atoms with Crippen molar-refractivity contribution < 1.29 is 14.3 Å². The lowest BCUT2D eigenvalue weighted by atomic mass is 9.84. The molecule has 0 spiro atoms. The van der Waals surface area contributed by atoms with E-state index in [1.807, 2.05) is 17.0 Å². The normalized spacial score (nSPS) is 18.2. The monoisotopic (exact) mass is 409 g/mol. The third-order valence-corrected chi connectivity index (χ3v) is 5.48. The van der Waals surface area contributed by atoms with E-state index in [0.29, 0.717) is 34.8 Å². The summed E-state index contributed by atoms with van der Waals surface area (Å²) >= 11 is 6.07. The van der Waals surface area contributed by atoms with Crippen molar-refractivity contribution in [2.45, 2.75) is 32.2 Å². The highest BCUT2D eigenvalue weighted by Gasteiger charge is 2.41. The molecule has 1 aliphatic carbocycles. The smallest absolute Gasteiger partial charge is 0.343 e. The third-order valence-electron chi connectivity index (χ3n) is 5.23. The van der Waals surface area contributed by atoms with Crippen molar-refractivity contribution in [1.82, 2.24) is 9.78 Å². The molecule has 0 saturated carbocycles. The first-order chi connectivity index (χ1) is 14.1. The van der Waals surface area contributed by atoms with E-state index in [-0.39, 0.29) is 18.9 Å². The average Bonchev–Trinajstić information content (AvgIpc) is 3.15. The summed E-state index contributed by atoms with van der Waals surface area (Å²) in [6.45, 7) is 2.24. The number of fused-ring (bicyclic) bond motifs is 1. The fraction of sp³-hybridized carbons (Fsp3) is 0.318. The molecule has 7 heteroatoms. The number of ketones is 1. The van der Waals surface area contributed by atoms with Crippen LogP contribution >= 0.6 is 11.6 Å². The van der Waals surface area contributed by atoms with Gasteiger partial charge < -0.3 is 9.64 Å². The lowest BCUT2D eigenvalue weighted by molar-refractivity contribution is -0.116. The number of aromatic nitrogens is 2. The minimum Gasteiger partial charge on any atom is -0.462 e. The number of carbonyl (C=O) groups is 2. The molecule has 0 amide bonds. The number of nitrogens with zero attached hydrogens (tertiary/aromatic N) is 3. The Morgan fingerprint density at radius 3 is 2.79 bits per heavy atom. The number of esters is 1. The Morgan fingerprint density at radius 1 is 1.34 bits per heavy atom. The molecule has 1 unspecified atom stereocenters. The second kappa shape index (κ2) is 7.76. The van der Waals surface area contributed by atoms with Crippen LogP contribution in [0.1, 0.15) is 48.1 Å². The van der Waals surface area contributed by atoms with Crippen LogP contribution in [0.2, 0.25) is 5.02 Å². The van der Waals surface area contributed by atoms with Crippen molar-refractivity contribution in [3.05, 3.63) is 57.9 Å². The fourth-order valence-corrected chi connectivity index (χ4v) is 4.19. The number of allylic oxidation sites excluding steroid dienone is 2. The van der Waals surface area contributed by atoms with E-state index >= 15 is 0 Å². The first-order valence-electron chi connectivity index (χ1n) is 9.54. The predicted octanol–water partition coefficient (Wildman–Crippen LogP) is 3.76. The highest BCUT2D eigenvalue weighted by Crippen LogP contribution is 2.45. The standard InChI is InChI=1S/C22H20ClN3O3/c1-3-12-25-17-6-5-7-18(27)19(17)20(14-8-10-15(23)11-9-14)26-21(25)16(13-24-26)22(28)29-4-2/h1,8-11,13,20H,4-7,12H2,2H3. The molecule has 0 saturated heterocycles. The zero-order chi connectivity index (χ0) is 20.5. The minimum atomic E-state index is -0.461.